The number of nitrogens with zero attached hydrogens (tertiary/aromatic N) is 2. The Balaban J connectivity index is 2.22. The van der Waals surface area contributed by atoms with Crippen molar-refractivity contribution in [1.82, 2.24) is 9.97 Å². The SMILES string of the molecule is Cc1cc(Cl)ccc1C(=O)Nc1cc(Cl)ncn1. The highest BCUT2D eigenvalue weighted by Crippen LogP contribution is 2.17. The summed E-state index contributed by atoms with van der Waals surface area (Å²) in [6, 6.07) is 6.53. The average Bonchev–Trinajstić information content (AvgIpc) is 2.28. The fourth-order valence-corrected chi connectivity index (χ4v) is 1.84. The lowest BCUT2D eigenvalue weighted by Crippen LogP contribution is -2.14. The Morgan fingerprint density at radius 3 is 2.67 bits per heavy atom. The zero-order valence-electron chi connectivity index (χ0n) is 9.45. The number of aryl methyl sites for hydroxylation is 1. The molecule has 1 amide bonds. The second-order valence-electron chi connectivity index (χ2n) is 3.64. The van der Waals surface area contributed by atoms with Crippen molar-refractivity contribution >= 4 is 34.9 Å². The molecule has 0 aliphatic heterocycles. The highest BCUT2D eigenvalue weighted by molar-refractivity contribution is 6.31. The van der Waals surface area contributed by atoms with Gasteiger partial charge in [0.25, 0.3) is 5.91 Å². The molecule has 0 saturated carbocycles. The van der Waals surface area contributed by atoms with E-state index in [-0.39, 0.29) is 11.1 Å². The van der Waals surface area contributed by atoms with Gasteiger partial charge >= 0.3 is 0 Å². The summed E-state index contributed by atoms with van der Waals surface area (Å²) in [6.07, 6.45) is 1.28. The van der Waals surface area contributed by atoms with Gasteiger partial charge in [-0.15, -0.1) is 0 Å². The van der Waals surface area contributed by atoms with Crippen LogP contribution in [0.1, 0.15) is 15.9 Å². The van der Waals surface area contributed by atoms with Crippen LogP contribution >= 0.6 is 23.2 Å². The molecule has 1 N–H and O–H groups in total. The van der Waals surface area contributed by atoms with Crippen molar-refractivity contribution in [3.63, 3.8) is 0 Å². The van der Waals surface area contributed by atoms with Gasteiger partial charge in [-0.05, 0) is 30.7 Å². The molecule has 6 heteroatoms. The van der Waals surface area contributed by atoms with E-state index in [0.717, 1.165) is 5.56 Å². The largest absolute Gasteiger partial charge is 0.306 e. The van der Waals surface area contributed by atoms with Crippen LogP contribution in [0.2, 0.25) is 10.2 Å². The van der Waals surface area contributed by atoms with Gasteiger partial charge in [-0.3, -0.25) is 4.79 Å². The van der Waals surface area contributed by atoms with Gasteiger partial charge < -0.3 is 5.32 Å². The first kappa shape index (κ1) is 12.8. The van der Waals surface area contributed by atoms with Crippen LogP contribution in [-0.4, -0.2) is 15.9 Å². The van der Waals surface area contributed by atoms with Crippen molar-refractivity contribution in [2.45, 2.75) is 6.92 Å². The summed E-state index contributed by atoms with van der Waals surface area (Å²) in [5.74, 6) is 0.0910. The first-order valence-corrected chi connectivity index (χ1v) is 5.87. The molecule has 0 spiro atoms. The summed E-state index contributed by atoms with van der Waals surface area (Å²) in [5.41, 5.74) is 1.33. The molecule has 0 atom stereocenters. The Labute approximate surface area is 114 Å². The number of benzene rings is 1. The van der Waals surface area contributed by atoms with E-state index in [1.807, 2.05) is 6.92 Å². The number of carbonyl (C=O) groups excluding carboxylic acids is 1. The molecule has 0 aliphatic carbocycles. The van der Waals surface area contributed by atoms with Crippen molar-refractivity contribution in [3.05, 3.63) is 51.9 Å². The summed E-state index contributed by atoms with van der Waals surface area (Å²) < 4.78 is 0. The first-order chi connectivity index (χ1) is 8.56. The fraction of sp³-hybridized carbons (Fsp3) is 0.0833. The van der Waals surface area contributed by atoms with Crippen molar-refractivity contribution in [3.8, 4) is 0 Å². The zero-order chi connectivity index (χ0) is 13.1. The fourth-order valence-electron chi connectivity index (χ4n) is 1.47. The summed E-state index contributed by atoms with van der Waals surface area (Å²) in [5, 5.41) is 3.50. The number of carbonyl (C=O) groups is 1. The van der Waals surface area contributed by atoms with Crippen LogP contribution in [0.15, 0.2) is 30.6 Å². The third-order valence-electron chi connectivity index (χ3n) is 2.31. The Morgan fingerprint density at radius 1 is 1.22 bits per heavy atom. The van der Waals surface area contributed by atoms with E-state index in [0.29, 0.717) is 16.4 Å². The van der Waals surface area contributed by atoms with Gasteiger partial charge in [0.2, 0.25) is 0 Å². The molecule has 18 heavy (non-hydrogen) atoms. The maximum Gasteiger partial charge on any atom is 0.257 e. The Kier molecular flexibility index (Phi) is 3.79. The van der Waals surface area contributed by atoms with E-state index in [1.165, 1.54) is 12.4 Å². The zero-order valence-corrected chi connectivity index (χ0v) is 11.0. The molecule has 0 bridgehead atoms. The van der Waals surface area contributed by atoms with E-state index >= 15 is 0 Å². The highest BCUT2D eigenvalue weighted by atomic mass is 35.5. The summed E-state index contributed by atoms with van der Waals surface area (Å²) in [7, 11) is 0. The molecule has 4 nitrogen and oxygen atoms in total. The van der Waals surface area contributed by atoms with Crippen LogP contribution in [0.3, 0.4) is 0 Å². The minimum atomic E-state index is -0.265. The third kappa shape index (κ3) is 2.97. The second-order valence-corrected chi connectivity index (χ2v) is 4.46. The molecule has 1 aromatic heterocycles. The van der Waals surface area contributed by atoms with Crippen LogP contribution in [0.4, 0.5) is 5.82 Å². The molecular weight excluding hydrogens is 273 g/mol. The highest BCUT2D eigenvalue weighted by Gasteiger charge is 2.10. The summed E-state index contributed by atoms with van der Waals surface area (Å²) in [6.45, 7) is 1.81. The molecule has 0 radical (unpaired) electrons. The van der Waals surface area contributed by atoms with Crippen molar-refractivity contribution in [2.75, 3.05) is 5.32 Å². The molecule has 0 fully saturated rings. The van der Waals surface area contributed by atoms with Gasteiger partial charge in [-0.25, -0.2) is 9.97 Å². The van der Waals surface area contributed by atoms with Crippen molar-refractivity contribution < 1.29 is 4.79 Å². The predicted octanol–water partition coefficient (Wildman–Crippen LogP) is 3.34. The molecule has 92 valence electrons. The van der Waals surface area contributed by atoms with Gasteiger partial charge in [0.1, 0.15) is 17.3 Å². The number of amides is 1. The van der Waals surface area contributed by atoms with E-state index in [1.54, 1.807) is 18.2 Å². The molecule has 0 saturated heterocycles. The Morgan fingerprint density at radius 2 is 2.00 bits per heavy atom. The minimum Gasteiger partial charge on any atom is -0.306 e. The maximum absolute atomic E-state index is 12.0. The van der Waals surface area contributed by atoms with Crippen LogP contribution in [0, 0.1) is 6.92 Å². The van der Waals surface area contributed by atoms with Gasteiger partial charge in [0.15, 0.2) is 0 Å². The predicted molar refractivity (Wildman–Crippen MR) is 71.2 cm³/mol. The van der Waals surface area contributed by atoms with Gasteiger partial charge in [0.05, 0.1) is 0 Å². The normalized spacial score (nSPS) is 10.2. The number of aromatic nitrogens is 2. The summed E-state index contributed by atoms with van der Waals surface area (Å²) in [4.78, 5) is 19.6. The minimum absolute atomic E-state index is 0.265. The van der Waals surface area contributed by atoms with Crippen LogP contribution < -0.4 is 5.32 Å². The van der Waals surface area contributed by atoms with Gasteiger partial charge in [0, 0.05) is 16.7 Å². The monoisotopic (exact) mass is 281 g/mol. The molecule has 1 heterocycles. The number of halogens is 2. The molecule has 0 aliphatic rings. The molecule has 2 rings (SSSR count). The van der Waals surface area contributed by atoms with Gasteiger partial charge in [-0.1, -0.05) is 23.2 Å². The molecule has 1 aromatic carbocycles. The van der Waals surface area contributed by atoms with E-state index < -0.39 is 0 Å². The number of hydrogen-bond donors (Lipinski definition) is 1. The maximum atomic E-state index is 12.0. The lowest BCUT2D eigenvalue weighted by Gasteiger charge is -2.07. The lowest BCUT2D eigenvalue weighted by atomic mass is 10.1. The number of nitrogens with one attached hydrogen (secondary N) is 1. The third-order valence-corrected chi connectivity index (χ3v) is 2.75. The number of rotatable bonds is 2. The Hall–Kier alpha value is -1.65. The lowest BCUT2D eigenvalue weighted by molar-refractivity contribution is 0.102. The van der Waals surface area contributed by atoms with E-state index in [9.17, 15) is 4.79 Å². The molecule has 2 aromatic rings. The summed E-state index contributed by atoms with van der Waals surface area (Å²) >= 11 is 11.5. The smallest absolute Gasteiger partial charge is 0.257 e. The standard InChI is InChI=1S/C12H9Cl2N3O/c1-7-4-8(13)2-3-9(7)12(18)17-11-5-10(14)15-6-16-11/h2-6H,1H3,(H,15,16,17,18). The van der Waals surface area contributed by atoms with Crippen molar-refractivity contribution in [2.24, 2.45) is 0 Å². The van der Waals surface area contributed by atoms with E-state index in [2.05, 4.69) is 15.3 Å². The molecule has 0 unspecified atom stereocenters. The average molecular weight is 282 g/mol. The topological polar surface area (TPSA) is 54.9 Å². The quantitative estimate of drug-likeness (QED) is 0.859. The first-order valence-electron chi connectivity index (χ1n) is 5.11. The van der Waals surface area contributed by atoms with Crippen LogP contribution in [0.5, 0.6) is 0 Å². The second kappa shape index (κ2) is 5.33. The number of anilines is 1. The van der Waals surface area contributed by atoms with E-state index in [4.69, 9.17) is 23.2 Å². The number of hydrogen-bond acceptors (Lipinski definition) is 3. The van der Waals surface area contributed by atoms with Crippen LogP contribution in [0.25, 0.3) is 0 Å². The molecular formula is C12H9Cl2N3O. The van der Waals surface area contributed by atoms with Crippen LogP contribution in [-0.2, 0) is 0 Å². The van der Waals surface area contributed by atoms with Crippen molar-refractivity contribution in [1.29, 1.82) is 0 Å². The van der Waals surface area contributed by atoms with Gasteiger partial charge in [-0.2, -0.15) is 0 Å². The Bertz CT molecular complexity index is 602.